The summed E-state index contributed by atoms with van der Waals surface area (Å²) in [5.74, 6) is -1.73. The molecular weight excluding hydrogens is 574 g/mol. The van der Waals surface area contributed by atoms with Crippen LogP contribution in [0.3, 0.4) is 0 Å². The van der Waals surface area contributed by atoms with Gasteiger partial charge in [0.25, 0.3) is 11.8 Å². The molecule has 4 aromatic carbocycles. The molecule has 0 bridgehead atoms. The van der Waals surface area contributed by atoms with Crippen molar-refractivity contribution in [3.8, 4) is 0 Å². The lowest BCUT2D eigenvalue weighted by Gasteiger charge is -2.15. The van der Waals surface area contributed by atoms with Gasteiger partial charge in [-0.05, 0) is 80.1 Å². The van der Waals surface area contributed by atoms with Crippen molar-refractivity contribution in [3.05, 3.63) is 131 Å². The van der Waals surface area contributed by atoms with Gasteiger partial charge in [-0.15, -0.1) is 11.8 Å². The fourth-order valence-electron chi connectivity index (χ4n) is 4.59. The number of benzene rings is 4. The highest BCUT2D eigenvalue weighted by Gasteiger charge is 2.40. The predicted octanol–water partition coefficient (Wildman–Crippen LogP) is 6.03. The molecule has 1 atom stereocenters. The zero-order chi connectivity index (χ0) is 31.2. The predicted molar refractivity (Wildman–Crippen MR) is 171 cm³/mol. The van der Waals surface area contributed by atoms with E-state index in [9.17, 15) is 24.0 Å². The van der Waals surface area contributed by atoms with Gasteiger partial charge >= 0.3 is 0 Å². The van der Waals surface area contributed by atoms with E-state index in [0.29, 0.717) is 27.4 Å². The van der Waals surface area contributed by atoms with E-state index in [2.05, 4.69) is 10.6 Å². The standard InChI is InChI=1S/C35H29N3O5S/c1-22-11-13-24(14-12-22)19-30(37-33(41)26-7-4-3-5-8-26)34(42)36-27-9-6-10-29(20-27)44-31-21-32(40)38(35(31)43)28-17-15-25(16-18-28)23(2)39/h3-20,31H,21H2,1-2H3,(H,36,42)(H,37,41)/b30-19-. The molecule has 0 radical (unpaired) electrons. The van der Waals surface area contributed by atoms with Crippen molar-refractivity contribution >= 4 is 58.6 Å². The van der Waals surface area contributed by atoms with Crippen molar-refractivity contribution in [2.45, 2.75) is 30.4 Å². The van der Waals surface area contributed by atoms with Gasteiger partial charge in [0, 0.05) is 28.1 Å². The highest BCUT2D eigenvalue weighted by molar-refractivity contribution is 8.00. The Morgan fingerprint density at radius 3 is 2.23 bits per heavy atom. The highest BCUT2D eigenvalue weighted by atomic mass is 32.2. The zero-order valence-corrected chi connectivity index (χ0v) is 24.9. The lowest BCUT2D eigenvalue weighted by atomic mass is 10.1. The Kier molecular flexibility index (Phi) is 9.16. The first-order valence-electron chi connectivity index (χ1n) is 13.9. The normalized spacial score (nSPS) is 14.8. The maximum Gasteiger partial charge on any atom is 0.272 e. The molecule has 0 aromatic heterocycles. The molecule has 2 N–H and O–H groups in total. The van der Waals surface area contributed by atoms with Gasteiger partial charge in [0.1, 0.15) is 5.70 Å². The van der Waals surface area contributed by atoms with E-state index < -0.39 is 17.1 Å². The van der Waals surface area contributed by atoms with Crippen LogP contribution in [0.15, 0.2) is 114 Å². The second-order valence-electron chi connectivity index (χ2n) is 10.3. The van der Waals surface area contributed by atoms with Crippen molar-refractivity contribution < 1.29 is 24.0 Å². The van der Waals surface area contributed by atoms with Gasteiger partial charge < -0.3 is 10.6 Å². The number of carbonyl (C=O) groups excluding carboxylic acids is 5. The van der Waals surface area contributed by atoms with Crippen LogP contribution in [0, 0.1) is 6.92 Å². The van der Waals surface area contributed by atoms with Crippen LogP contribution >= 0.6 is 11.8 Å². The minimum atomic E-state index is -0.650. The summed E-state index contributed by atoms with van der Waals surface area (Å²) in [5, 5.41) is 4.92. The molecule has 4 aromatic rings. The SMILES string of the molecule is CC(=O)c1ccc(N2C(=O)CC(Sc3cccc(NC(=O)/C(=C/c4ccc(C)cc4)NC(=O)c4ccccc4)c3)C2=O)cc1. The number of nitrogens with zero attached hydrogens (tertiary/aromatic N) is 1. The zero-order valence-electron chi connectivity index (χ0n) is 24.1. The van der Waals surface area contributed by atoms with Gasteiger partial charge in [0.05, 0.1) is 10.9 Å². The Morgan fingerprint density at radius 1 is 0.841 bits per heavy atom. The molecule has 8 nitrogen and oxygen atoms in total. The van der Waals surface area contributed by atoms with Crippen LogP contribution in [-0.4, -0.2) is 34.7 Å². The maximum atomic E-state index is 13.4. The number of rotatable bonds is 9. The number of hydrogen-bond acceptors (Lipinski definition) is 6. The quantitative estimate of drug-likeness (QED) is 0.137. The summed E-state index contributed by atoms with van der Waals surface area (Å²) >= 11 is 1.23. The first-order chi connectivity index (χ1) is 21.2. The number of amides is 4. The molecule has 0 saturated carbocycles. The van der Waals surface area contributed by atoms with Gasteiger partial charge in [-0.25, -0.2) is 4.90 Å². The van der Waals surface area contributed by atoms with Gasteiger partial charge in [-0.3, -0.25) is 24.0 Å². The molecule has 0 aliphatic carbocycles. The molecular formula is C35H29N3O5S. The Bertz CT molecular complexity index is 1770. The molecule has 1 heterocycles. The number of imide groups is 1. The largest absolute Gasteiger partial charge is 0.321 e. The van der Waals surface area contributed by atoms with Crippen LogP contribution in [0.25, 0.3) is 6.08 Å². The molecule has 1 aliphatic rings. The monoisotopic (exact) mass is 603 g/mol. The number of hydrogen-bond donors (Lipinski definition) is 2. The van der Waals surface area contributed by atoms with Gasteiger partial charge in [0.2, 0.25) is 11.8 Å². The Morgan fingerprint density at radius 2 is 1.55 bits per heavy atom. The molecule has 1 saturated heterocycles. The summed E-state index contributed by atoms with van der Waals surface area (Å²) in [4.78, 5) is 65.8. The van der Waals surface area contributed by atoms with Crippen molar-refractivity contribution in [3.63, 3.8) is 0 Å². The molecule has 1 unspecified atom stereocenters. The van der Waals surface area contributed by atoms with Crippen LogP contribution in [-0.2, 0) is 14.4 Å². The van der Waals surface area contributed by atoms with Gasteiger partial charge in [0.15, 0.2) is 5.78 Å². The summed E-state index contributed by atoms with van der Waals surface area (Å²) in [6, 6.07) is 29.5. The van der Waals surface area contributed by atoms with Gasteiger partial charge in [-0.2, -0.15) is 0 Å². The first-order valence-corrected chi connectivity index (χ1v) is 14.8. The van der Waals surface area contributed by atoms with Crippen molar-refractivity contribution in [1.29, 1.82) is 0 Å². The number of nitrogens with one attached hydrogen (secondary N) is 2. The maximum absolute atomic E-state index is 13.4. The average molecular weight is 604 g/mol. The molecule has 44 heavy (non-hydrogen) atoms. The Labute approximate surface area is 259 Å². The smallest absolute Gasteiger partial charge is 0.272 e. The van der Waals surface area contributed by atoms with Crippen molar-refractivity contribution in [2.24, 2.45) is 0 Å². The number of anilines is 2. The molecule has 9 heteroatoms. The fourth-order valence-corrected chi connectivity index (χ4v) is 5.71. The second-order valence-corrected chi connectivity index (χ2v) is 11.5. The highest BCUT2D eigenvalue weighted by Crippen LogP contribution is 2.35. The van der Waals surface area contributed by atoms with Crippen LogP contribution in [0.5, 0.6) is 0 Å². The fraction of sp³-hybridized carbons (Fsp3) is 0.114. The third-order valence-electron chi connectivity index (χ3n) is 6.92. The summed E-state index contributed by atoms with van der Waals surface area (Å²) in [6.45, 7) is 3.41. The molecule has 220 valence electrons. The minimum Gasteiger partial charge on any atom is -0.321 e. The van der Waals surface area contributed by atoms with E-state index in [0.717, 1.165) is 16.0 Å². The van der Waals surface area contributed by atoms with E-state index in [1.165, 1.54) is 18.7 Å². The lowest BCUT2D eigenvalue weighted by Crippen LogP contribution is -2.31. The molecule has 1 aliphatic heterocycles. The molecule has 5 rings (SSSR count). The average Bonchev–Trinajstić information content (AvgIpc) is 3.30. The Hall–Kier alpha value is -5.28. The molecule has 4 amide bonds. The minimum absolute atomic E-state index is 0.0174. The third kappa shape index (κ3) is 7.19. The number of ketones is 1. The number of carbonyl (C=O) groups is 5. The summed E-state index contributed by atoms with van der Waals surface area (Å²) in [6.07, 6.45) is 1.62. The van der Waals surface area contributed by atoms with E-state index >= 15 is 0 Å². The van der Waals surface area contributed by atoms with E-state index in [1.807, 2.05) is 31.2 Å². The van der Waals surface area contributed by atoms with Crippen LogP contribution in [0.2, 0.25) is 0 Å². The number of Topliss-reactive ketones (excluding diaryl/α,β-unsaturated/α-hetero) is 1. The summed E-state index contributed by atoms with van der Waals surface area (Å²) < 4.78 is 0. The van der Waals surface area contributed by atoms with E-state index in [4.69, 9.17) is 0 Å². The lowest BCUT2D eigenvalue weighted by molar-refractivity contribution is -0.121. The first kappa shape index (κ1) is 30.2. The van der Waals surface area contributed by atoms with Crippen LogP contribution in [0.4, 0.5) is 11.4 Å². The van der Waals surface area contributed by atoms with Crippen LogP contribution < -0.4 is 15.5 Å². The van der Waals surface area contributed by atoms with E-state index in [-0.39, 0.29) is 29.7 Å². The number of thioether (sulfide) groups is 1. The topological polar surface area (TPSA) is 113 Å². The molecule has 0 spiro atoms. The van der Waals surface area contributed by atoms with Crippen molar-refractivity contribution in [2.75, 3.05) is 10.2 Å². The molecule has 1 fully saturated rings. The van der Waals surface area contributed by atoms with E-state index in [1.54, 1.807) is 84.9 Å². The second kappa shape index (κ2) is 13.4. The van der Waals surface area contributed by atoms with Gasteiger partial charge in [-0.1, -0.05) is 54.1 Å². The van der Waals surface area contributed by atoms with Crippen LogP contribution in [0.1, 0.15) is 45.2 Å². The number of aryl methyl sites for hydroxylation is 1. The third-order valence-corrected chi connectivity index (χ3v) is 8.10. The van der Waals surface area contributed by atoms with Crippen molar-refractivity contribution in [1.82, 2.24) is 5.32 Å². The Balaban J connectivity index is 1.31. The summed E-state index contributed by atoms with van der Waals surface area (Å²) in [7, 11) is 0. The summed E-state index contributed by atoms with van der Waals surface area (Å²) in [5.41, 5.74) is 3.64.